The lowest BCUT2D eigenvalue weighted by Crippen LogP contribution is -1.93. The Morgan fingerprint density at radius 3 is 2.92 bits per heavy atom. The Hall–Kier alpha value is -0.830. The molecule has 3 nitrogen and oxygen atoms in total. The number of hydrogen-bond acceptors (Lipinski definition) is 3. The van der Waals surface area contributed by atoms with Crippen molar-refractivity contribution in [2.75, 3.05) is 6.61 Å². The minimum Gasteiger partial charge on any atom is -0.446 e. The fourth-order valence-electron chi connectivity index (χ4n) is 1.02. The monoisotopic (exact) mass is 169 g/mol. The largest absolute Gasteiger partial charge is 0.446 e. The molecule has 0 spiro atoms. The number of oxazole rings is 1. The molecule has 1 aromatic heterocycles. The third-order valence-electron chi connectivity index (χ3n) is 1.54. The zero-order valence-corrected chi connectivity index (χ0v) is 7.58. The highest BCUT2D eigenvalue weighted by molar-refractivity contribution is 4.94. The molecule has 1 N–H and O–H groups in total. The van der Waals surface area contributed by atoms with E-state index >= 15 is 0 Å². The van der Waals surface area contributed by atoms with Gasteiger partial charge in [-0.05, 0) is 5.92 Å². The van der Waals surface area contributed by atoms with Gasteiger partial charge in [0.15, 0.2) is 5.89 Å². The lowest BCUT2D eigenvalue weighted by atomic mass is 10.1. The molecule has 1 rings (SSSR count). The summed E-state index contributed by atoms with van der Waals surface area (Å²) in [6.07, 6.45) is 3.12. The van der Waals surface area contributed by atoms with E-state index in [0.717, 1.165) is 18.1 Å². The zero-order chi connectivity index (χ0) is 8.97. The Bertz CT molecular complexity index is 230. The van der Waals surface area contributed by atoms with Crippen LogP contribution in [0.5, 0.6) is 0 Å². The molecule has 0 fully saturated rings. The van der Waals surface area contributed by atoms with Gasteiger partial charge in [0.1, 0.15) is 5.76 Å². The van der Waals surface area contributed by atoms with Crippen LogP contribution in [-0.4, -0.2) is 16.7 Å². The smallest absolute Gasteiger partial charge is 0.194 e. The topological polar surface area (TPSA) is 46.3 Å². The molecule has 0 aliphatic carbocycles. The van der Waals surface area contributed by atoms with Crippen molar-refractivity contribution in [1.29, 1.82) is 0 Å². The Kier molecular flexibility index (Phi) is 3.29. The van der Waals surface area contributed by atoms with Crippen LogP contribution in [0, 0.1) is 5.92 Å². The number of aliphatic hydroxyl groups is 1. The Labute approximate surface area is 72.4 Å². The molecule has 0 aliphatic heterocycles. The van der Waals surface area contributed by atoms with Crippen molar-refractivity contribution < 1.29 is 9.52 Å². The van der Waals surface area contributed by atoms with E-state index in [1.165, 1.54) is 0 Å². The molecule has 12 heavy (non-hydrogen) atoms. The van der Waals surface area contributed by atoms with E-state index in [1.54, 1.807) is 6.20 Å². The number of aliphatic hydroxyl groups excluding tert-OH is 1. The minimum absolute atomic E-state index is 0.121. The number of nitrogens with zero attached hydrogens (tertiary/aromatic N) is 1. The maximum atomic E-state index is 8.62. The first-order valence-electron chi connectivity index (χ1n) is 4.27. The number of rotatable bonds is 4. The molecule has 0 saturated heterocycles. The second kappa shape index (κ2) is 4.26. The highest BCUT2D eigenvalue weighted by Gasteiger charge is 2.04. The summed E-state index contributed by atoms with van der Waals surface area (Å²) >= 11 is 0. The minimum atomic E-state index is 0.121. The SMILES string of the molecule is CC(C)Cc1ncc(CCO)o1. The van der Waals surface area contributed by atoms with Gasteiger partial charge in [-0.2, -0.15) is 0 Å². The average molecular weight is 169 g/mol. The molecular weight excluding hydrogens is 154 g/mol. The van der Waals surface area contributed by atoms with Crippen molar-refractivity contribution in [1.82, 2.24) is 4.98 Å². The van der Waals surface area contributed by atoms with E-state index < -0.39 is 0 Å². The number of hydrogen-bond donors (Lipinski definition) is 1. The lowest BCUT2D eigenvalue weighted by molar-refractivity contribution is 0.285. The van der Waals surface area contributed by atoms with Crippen LogP contribution in [0.3, 0.4) is 0 Å². The molecule has 0 amide bonds. The van der Waals surface area contributed by atoms with Crippen LogP contribution in [0.25, 0.3) is 0 Å². The fraction of sp³-hybridized carbons (Fsp3) is 0.667. The Morgan fingerprint density at radius 2 is 2.33 bits per heavy atom. The first-order chi connectivity index (χ1) is 5.72. The highest BCUT2D eigenvalue weighted by Crippen LogP contribution is 2.09. The molecular formula is C9H15NO2. The van der Waals surface area contributed by atoms with Crippen LogP contribution in [0.4, 0.5) is 0 Å². The standard InChI is InChI=1S/C9H15NO2/c1-7(2)5-9-10-6-8(12-9)3-4-11/h6-7,11H,3-5H2,1-2H3. The van der Waals surface area contributed by atoms with Crippen LogP contribution in [0.2, 0.25) is 0 Å². The van der Waals surface area contributed by atoms with E-state index in [1.807, 2.05) is 0 Å². The fourth-order valence-corrected chi connectivity index (χ4v) is 1.02. The molecule has 0 atom stereocenters. The van der Waals surface area contributed by atoms with Gasteiger partial charge in [0.2, 0.25) is 0 Å². The molecule has 0 radical (unpaired) electrons. The summed E-state index contributed by atoms with van der Waals surface area (Å²) in [7, 11) is 0. The summed E-state index contributed by atoms with van der Waals surface area (Å²) in [6.45, 7) is 4.36. The van der Waals surface area contributed by atoms with Crippen molar-refractivity contribution >= 4 is 0 Å². The van der Waals surface area contributed by atoms with Gasteiger partial charge in [-0.1, -0.05) is 13.8 Å². The first-order valence-corrected chi connectivity index (χ1v) is 4.27. The normalized spacial score (nSPS) is 11.0. The van der Waals surface area contributed by atoms with Crippen LogP contribution >= 0.6 is 0 Å². The third-order valence-corrected chi connectivity index (χ3v) is 1.54. The van der Waals surface area contributed by atoms with Crippen molar-refractivity contribution in [3.05, 3.63) is 17.8 Å². The molecule has 0 unspecified atom stereocenters. The maximum Gasteiger partial charge on any atom is 0.194 e. The average Bonchev–Trinajstić information content (AvgIpc) is 2.36. The second-order valence-corrected chi connectivity index (χ2v) is 3.29. The van der Waals surface area contributed by atoms with E-state index in [9.17, 15) is 0 Å². The summed E-state index contributed by atoms with van der Waals surface area (Å²) in [5.74, 6) is 2.10. The molecule has 1 heterocycles. The lowest BCUT2D eigenvalue weighted by Gasteiger charge is -1.97. The van der Waals surface area contributed by atoms with Crippen molar-refractivity contribution in [2.24, 2.45) is 5.92 Å². The van der Waals surface area contributed by atoms with E-state index in [2.05, 4.69) is 18.8 Å². The number of aromatic nitrogens is 1. The molecule has 0 saturated carbocycles. The highest BCUT2D eigenvalue weighted by atomic mass is 16.4. The van der Waals surface area contributed by atoms with E-state index in [0.29, 0.717) is 12.3 Å². The summed E-state index contributed by atoms with van der Waals surface area (Å²) in [4.78, 5) is 4.10. The van der Waals surface area contributed by atoms with Crippen LogP contribution in [0.15, 0.2) is 10.6 Å². The summed E-state index contributed by atoms with van der Waals surface area (Å²) in [5, 5.41) is 8.62. The molecule has 0 aromatic carbocycles. The van der Waals surface area contributed by atoms with Crippen molar-refractivity contribution in [2.45, 2.75) is 26.7 Å². The summed E-state index contributed by atoms with van der Waals surface area (Å²) in [6, 6.07) is 0. The third kappa shape index (κ3) is 2.66. The van der Waals surface area contributed by atoms with Gasteiger partial charge in [-0.3, -0.25) is 0 Å². The quantitative estimate of drug-likeness (QED) is 0.741. The molecule has 0 bridgehead atoms. The van der Waals surface area contributed by atoms with Crippen molar-refractivity contribution in [3.63, 3.8) is 0 Å². The summed E-state index contributed by atoms with van der Waals surface area (Å²) < 4.78 is 5.36. The first kappa shape index (κ1) is 9.26. The van der Waals surface area contributed by atoms with Gasteiger partial charge in [0.25, 0.3) is 0 Å². The zero-order valence-electron chi connectivity index (χ0n) is 7.58. The van der Waals surface area contributed by atoms with Gasteiger partial charge in [-0.15, -0.1) is 0 Å². The predicted molar refractivity (Wildman–Crippen MR) is 45.8 cm³/mol. The van der Waals surface area contributed by atoms with Gasteiger partial charge in [-0.25, -0.2) is 4.98 Å². The van der Waals surface area contributed by atoms with Crippen molar-refractivity contribution in [3.8, 4) is 0 Å². The van der Waals surface area contributed by atoms with Crippen LogP contribution < -0.4 is 0 Å². The molecule has 0 aliphatic rings. The van der Waals surface area contributed by atoms with E-state index in [-0.39, 0.29) is 6.61 Å². The Balaban J connectivity index is 2.52. The molecule has 1 aromatic rings. The Morgan fingerprint density at radius 1 is 1.58 bits per heavy atom. The molecule has 3 heteroatoms. The van der Waals surface area contributed by atoms with E-state index in [4.69, 9.17) is 9.52 Å². The van der Waals surface area contributed by atoms with Gasteiger partial charge in [0.05, 0.1) is 12.8 Å². The van der Waals surface area contributed by atoms with Gasteiger partial charge < -0.3 is 9.52 Å². The summed E-state index contributed by atoms with van der Waals surface area (Å²) in [5.41, 5.74) is 0. The van der Waals surface area contributed by atoms with Gasteiger partial charge in [0, 0.05) is 12.8 Å². The predicted octanol–water partition coefficient (Wildman–Crippen LogP) is 1.41. The molecule has 68 valence electrons. The van der Waals surface area contributed by atoms with Crippen LogP contribution in [-0.2, 0) is 12.8 Å². The second-order valence-electron chi connectivity index (χ2n) is 3.29. The van der Waals surface area contributed by atoms with Gasteiger partial charge >= 0.3 is 0 Å². The van der Waals surface area contributed by atoms with Crippen LogP contribution in [0.1, 0.15) is 25.5 Å². The maximum absolute atomic E-state index is 8.62.